The minimum Gasteiger partial charge on any atom is -0.461 e. The van der Waals surface area contributed by atoms with Crippen molar-refractivity contribution in [2.45, 2.75) is 19.5 Å². The topological polar surface area (TPSA) is 86.1 Å². The Morgan fingerprint density at radius 3 is 3.05 bits per heavy atom. The lowest BCUT2D eigenvalue weighted by atomic mass is 10.3. The number of nitrogens with one attached hydrogen (secondary N) is 1. The monoisotopic (exact) mass is 286 g/mol. The van der Waals surface area contributed by atoms with Crippen molar-refractivity contribution in [1.82, 2.24) is 20.3 Å². The van der Waals surface area contributed by atoms with Gasteiger partial charge in [-0.2, -0.15) is 5.10 Å². The van der Waals surface area contributed by atoms with E-state index in [4.69, 9.17) is 8.94 Å². The Hall–Kier alpha value is -2.83. The van der Waals surface area contributed by atoms with Crippen LogP contribution >= 0.6 is 0 Å². The van der Waals surface area contributed by atoms with Gasteiger partial charge in [0.15, 0.2) is 5.76 Å². The highest BCUT2D eigenvalue weighted by atomic mass is 16.5. The lowest BCUT2D eigenvalue weighted by Crippen LogP contribution is -2.30. The predicted molar refractivity (Wildman–Crippen MR) is 73.0 cm³/mol. The van der Waals surface area contributed by atoms with E-state index < -0.39 is 0 Å². The SMILES string of the molecule is CC(C(=O)NCc1cc(-c2ccco2)on1)n1cccn1. The molecule has 0 aliphatic heterocycles. The number of carbonyl (C=O) groups excluding carboxylic acids is 1. The van der Waals surface area contributed by atoms with Crippen LogP contribution in [0.15, 0.2) is 51.9 Å². The Bertz CT molecular complexity index is 701. The number of hydrogen-bond donors (Lipinski definition) is 1. The number of hydrogen-bond acceptors (Lipinski definition) is 5. The number of carbonyl (C=O) groups is 1. The van der Waals surface area contributed by atoms with Crippen LogP contribution in [0, 0.1) is 0 Å². The molecular weight excluding hydrogens is 272 g/mol. The van der Waals surface area contributed by atoms with Crippen LogP contribution < -0.4 is 5.32 Å². The van der Waals surface area contributed by atoms with E-state index in [1.807, 2.05) is 0 Å². The van der Waals surface area contributed by atoms with E-state index >= 15 is 0 Å². The second kappa shape index (κ2) is 5.66. The molecule has 3 aromatic rings. The van der Waals surface area contributed by atoms with E-state index in [1.165, 1.54) is 0 Å². The summed E-state index contributed by atoms with van der Waals surface area (Å²) < 4.78 is 12.0. The molecule has 0 saturated heterocycles. The molecule has 0 spiro atoms. The molecule has 0 fully saturated rings. The summed E-state index contributed by atoms with van der Waals surface area (Å²) in [5.41, 5.74) is 0.627. The van der Waals surface area contributed by atoms with Gasteiger partial charge in [0.1, 0.15) is 11.7 Å². The van der Waals surface area contributed by atoms with E-state index in [9.17, 15) is 4.79 Å². The first-order chi connectivity index (χ1) is 10.2. The van der Waals surface area contributed by atoms with Gasteiger partial charge in [-0.15, -0.1) is 0 Å². The van der Waals surface area contributed by atoms with Crippen LogP contribution in [0.25, 0.3) is 11.5 Å². The number of aromatic nitrogens is 3. The highest BCUT2D eigenvalue weighted by molar-refractivity contribution is 5.79. The van der Waals surface area contributed by atoms with E-state index in [2.05, 4.69) is 15.6 Å². The van der Waals surface area contributed by atoms with Crippen LogP contribution in [0.5, 0.6) is 0 Å². The maximum atomic E-state index is 12.0. The summed E-state index contributed by atoms with van der Waals surface area (Å²) in [6.07, 6.45) is 4.94. The number of furan rings is 1. The van der Waals surface area contributed by atoms with Gasteiger partial charge >= 0.3 is 0 Å². The molecule has 1 atom stereocenters. The lowest BCUT2D eigenvalue weighted by Gasteiger charge is -2.11. The summed E-state index contributed by atoms with van der Waals surface area (Å²) in [5, 5.41) is 10.7. The van der Waals surface area contributed by atoms with Crippen LogP contribution in [0.4, 0.5) is 0 Å². The molecule has 7 nitrogen and oxygen atoms in total. The molecule has 108 valence electrons. The fourth-order valence-corrected chi connectivity index (χ4v) is 1.89. The van der Waals surface area contributed by atoms with E-state index in [0.717, 1.165) is 0 Å². The summed E-state index contributed by atoms with van der Waals surface area (Å²) in [7, 11) is 0. The standard InChI is InChI=1S/C14H14N4O3/c1-10(18-6-3-5-16-18)14(19)15-9-11-8-13(21-17-11)12-4-2-7-20-12/h2-8,10H,9H2,1H3,(H,15,19). The fraction of sp³-hybridized carbons (Fsp3) is 0.214. The van der Waals surface area contributed by atoms with Crippen molar-refractivity contribution in [1.29, 1.82) is 0 Å². The zero-order chi connectivity index (χ0) is 14.7. The molecule has 0 aliphatic rings. The second-order valence-electron chi connectivity index (χ2n) is 4.54. The second-order valence-corrected chi connectivity index (χ2v) is 4.54. The van der Waals surface area contributed by atoms with Crippen LogP contribution in [0.3, 0.4) is 0 Å². The Labute approximate surface area is 120 Å². The van der Waals surface area contributed by atoms with Crippen molar-refractivity contribution in [3.8, 4) is 11.5 Å². The van der Waals surface area contributed by atoms with Crippen LogP contribution in [0.2, 0.25) is 0 Å². The number of nitrogens with zero attached hydrogens (tertiary/aromatic N) is 3. The van der Waals surface area contributed by atoms with Gasteiger partial charge in [-0.05, 0) is 25.1 Å². The van der Waals surface area contributed by atoms with Crippen LogP contribution in [-0.4, -0.2) is 20.8 Å². The molecule has 1 unspecified atom stereocenters. The first-order valence-electron chi connectivity index (χ1n) is 6.50. The molecule has 3 rings (SSSR count). The minimum absolute atomic E-state index is 0.138. The Morgan fingerprint density at radius 1 is 1.43 bits per heavy atom. The summed E-state index contributed by atoms with van der Waals surface area (Å²) in [4.78, 5) is 12.0. The molecule has 21 heavy (non-hydrogen) atoms. The molecule has 0 aliphatic carbocycles. The molecule has 1 N–H and O–H groups in total. The van der Waals surface area contributed by atoms with Gasteiger partial charge < -0.3 is 14.3 Å². The zero-order valence-electron chi connectivity index (χ0n) is 11.4. The van der Waals surface area contributed by atoms with Gasteiger partial charge in [0.25, 0.3) is 0 Å². The first kappa shape index (κ1) is 13.2. The number of rotatable bonds is 5. The number of amides is 1. The molecule has 0 radical (unpaired) electrons. The smallest absolute Gasteiger partial charge is 0.244 e. The Morgan fingerprint density at radius 2 is 2.33 bits per heavy atom. The van der Waals surface area contributed by atoms with Crippen molar-refractivity contribution in [2.24, 2.45) is 0 Å². The van der Waals surface area contributed by atoms with E-state index in [0.29, 0.717) is 17.2 Å². The third-order valence-corrected chi connectivity index (χ3v) is 3.07. The van der Waals surface area contributed by atoms with Crippen molar-refractivity contribution >= 4 is 5.91 Å². The molecule has 1 amide bonds. The highest BCUT2D eigenvalue weighted by Crippen LogP contribution is 2.20. The Kier molecular flexibility index (Phi) is 3.55. The van der Waals surface area contributed by atoms with Crippen molar-refractivity contribution in [3.05, 3.63) is 48.6 Å². The molecule has 7 heteroatoms. The minimum atomic E-state index is -0.378. The van der Waals surface area contributed by atoms with Crippen molar-refractivity contribution < 1.29 is 13.7 Å². The molecule has 3 heterocycles. The highest BCUT2D eigenvalue weighted by Gasteiger charge is 2.15. The zero-order valence-corrected chi connectivity index (χ0v) is 11.4. The molecule has 0 aromatic carbocycles. The van der Waals surface area contributed by atoms with Gasteiger partial charge in [0, 0.05) is 18.5 Å². The van der Waals surface area contributed by atoms with Crippen LogP contribution in [0.1, 0.15) is 18.7 Å². The summed E-state index contributed by atoms with van der Waals surface area (Å²) in [6.45, 7) is 2.06. The molecule has 0 saturated carbocycles. The predicted octanol–water partition coefficient (Wildman–Crippen LogP) is 2.01. The average molecular weight is 286 g/mol. The largest absolute Gasteiger partial charge is 0.461 e. The normalized spacial score (nSPS) is 12.2. The summed E-state index contributed by atoms with van der Waals surface area (Å²) in [6, 6.07) is 6.68. The first-order valence-corrected chi connectivity index (χ1v) is 6.50. The maximum absolute atomic E-state index is 12.0. The van der Waals surface area contributed by atoms with Crippen LogP contribution in [-0.2, 0) is 11.3 Å². The Balaban J connectivity index is 1.59. The molecule has 3 aromatic heterocycles. The average Bonchev–Trinajstić information content (AvgIpc) is 3.25. The maximum Gasteiger partial charge on any atom is 0.244 e. The van der Waals surface area contributed by atoms with Crippen molar-refractivity contribution in [2.75, 3.05) is 0 Å². The van der Waals surface area contributed by atoms with Gasteiger partial charge in [-0.3, -0.25) is 9.48 Å². The fourth-order valence-electron chi connectivity index (χ4n) is 1.89. The van der Waals surface area contributed by atoms with Gasteiger partial charge in [-0.1, -0.05) is 5.16 Å². The van der Waals surface area contributed by atoms with Crippen molar-refractivity contribution in [3.63, 3.8) is 0 Å². The third-order valence-electron chi connectivity index (χ3n) is 3.07. The van der Waals surface area contributed by atoms with Gasteiger partial charge in [0.05, 0.1) is 12.8 Å². The quantitative estimate of drug-likeness (QED) is 0.775. The lowest BCUT2D eigenvalue weighted by molar-refractivity contribution is -0.124. The van der Waals surface area contributed by atoms with E-state index in [1.54, 1.807) is 54.5 Å². The molecular formula is C14H14N4O3. The summed E-state index contributed by atoms with van der Waals surface area (Å²) >= 11 is 0. The van der Waals surface area contributed by atoms with Gasteiger partial charge in [0.2, 0.25) is 11.7 Å². The van der Waals surface area contributed by atoms with E-state index in [-0.39, 0.29) is 18.5 Å². The molecule has 0 bridgehead atoms. The third kappa shape index (κ3) is 2.86. The van der Waals surface area contributed by atoms with Gasteiger partial charge in [-0.25, -0.2) is 0 Å². The summed E-state index contributed by atoms with van der Waals surface area (Å²) in [5.74, 6) is 0.996.